The van der Waals surface area contributed by atoms with Gasteiger partial charge < -0.3 is 59.3 Å². The predicted octanol–water partition coefficient (Wildman–Crippen LogP) is 2.96. The van der Waals surface area contributed by atoms with E-state index in [9.17, 15) is 58.2 Å². The molecule has 23 nitrogen and oxygen atoms in total. The highest BCUT2D eigenvalue weighted by Crippen LogP contribution is 2.25. The van der Waals surface area contributed by atoms with E-state index in [-0.39, 0.29) is 88.5 Å². The minimum Gasteiger partial charge on any atom is -0.391 e. The van der Waals surface area contributed by atoms with Crippen LogP contribution in [-0.4, -0.2) is 131 Å². The lowest BCUT2D eigenvalue weighted by atomic mass is 9.84. The highest BCUT2D eigenvalue weighted by Gasteiger charge is 2.39. The zero-order valence-corrected chi connectivity index (χ0v) is 48.7. The van der Waals surface area contributed by atoms with Gasteiger partial charge in [-0.15, -0.1) is 0 Å². The second-order valence-electron chi connectivity index (χ2n) is 22.9. The first-order valence-electron chi connectivity index (χ1n) is 29.8. The fourth-order valence-corrected chi connectivity index (χ4v) is 10.3. The van der Waals surface area contributed by atoms with Gasteiger partial charge in [-0.25, -0.2) is 19.4 Å². The maximum absolute atomic E-state index is 14.3. The molecule has 2 saturated heterocycles. The molecule has 80 heavy (non-hydrogen) atoms. The SMILES string of the molecule is CCCCCCCCCCCCCCCC(=O)CCC(=O)N[C@@H](C(C)C)C(O)CC(C(=O)N[C@@H](CCC(N)=O)C(=O)CC(CCC(N)=O)C(=O)NC(CC1CNCN1)C(O)CC(CCCN)C(=O)NC1CC(=O)OOC1=O)C(C)C. The molecule has 0 bridgehead atoms. The largest absolute Gasteiger partial charge is 0.391 e. The van der Waals surface area contributed by atoms with Gasteiger partial charge >= 0.3 is 11.9 Å². The van der Waals surface area contributed by atoms with Gasteiger partial charge in [0.25, 0.3) is 0 Å². The van der Waals surface area contributed by atoms with E-state index in [2.05, 4.69) is 48.6 Å². The first-order chi connectivity index (χ1) is 38.1. The molecule has 10 atom stereocenters. The third-order valence-corrected chi connectivity index (χ3v) is 15.3. The summed E-state index contributed by atoms with van der Waals surface area (Å²) in [6, 6.07) is -4.77. The molecule has 2 heterocycles. The number of amides is 6. The summed E-state index contributed by atoms with van der Waals surface area (Å²) in [5.74, 6) is -10.3. The van der Waals surface area contributed by atoms with Gasteiger partial charge in [0.05, 0.1) is 36.8 Å². The monoisotopic (exact) mass is 1140 g/mol. The predicted molar refractivity (Wildman–Crippen MR) is 300 cm³/mol. The van der Waals surface area contributed by atoms with Crippen LogP contribution in [-0.2, 0) is 57.7 Å². The molecule has 2 fully saturated rings. The van der Waals surface area contributed by atoms with E-state index in [0.717, 1.165) is 25.7 Å². The van der Waals surface area contributed by atoms with Crippen molar-refractivity contribution in [1.29, 1.82) is 0 Å². The van der Waals surface area contributed by atoms with Crippen LogP contribution in [0.5, 0.6) is 0 Å². The standard InChI is InChI=1S/C57H101N9O14/c1-6-7-8-9-10-11-12-13-14-15-16-17-18-21-41(67)23-27-51(73)66-53(37(4)5)48(70)32-42(36(2)3)56(77)63-43(24-26-50(60)72)46(68)30-39(22-25-49(59)71)55(76)64-44(31-40-34-61-35-62-40)47(69)29-38(20-19-28-58)54(75)65-45-33-52(74)79-80-57(45)78/h36-40,42-45,47-48,53,61-62,69-70H,6-35,58H2,1-5H3,(H2,59,71)(H2,60,72)(H,63,77)(H,64,76)(H,65,75)(H,66,73)/t38?,39?,40?,42?,43-,44?,45?,47?,48?,53-/m0/s1. The number of aliphatic hydroxyl groups excluding tert-OH is 2. The van der Waals surface area contributed by atoms with Crippen LogP contribution in [0.1, 0.15) is 208 Å². The molecule has 0 spiro atoms. The van der Waals surface area contributed by atoms with Gasteiger partial charge in [0, 0.05) is 75.5 Å². The number of Topliss-reactive ketones (excluding diaryl/α,β-unsaturated/α-hetero) is 2. The number of nitrogens with one attached hydrogen (secondary N) is 6. The Kier molecular flexibility index (Phi) is 35.6. The first kappa shape index (κ1) is 71.0. The van der Waals surface area contributed by atoms with Gasteiger partial charge in [-0.3, -0.25) is 38.4 Å². The average Bonchev–Trinajstić information content (AvgIpc) is 3.92. The number of unbranched alkanes of at least 4 members (excludes halogenated alkanes) is 12. The summed E-state index contributed by atoms with van der Waals surface area (Å²) in [6.45, 7) is 10.5. The van der Waals surface area contributed by atoms with Crippen LogP contribution in [0.4, 0.5) is 0 Å². The minimum absolute atomic E-state index is 0.00525. The molecule has 0 aliphatic carbocycles. The van der Waals surface area contributed by atoms with Crippen molar-refractivity contribution in [3.63, 3.8) is 0 Å². The highest BCUT2D eigenvalue weighted by molar-refractivity contribution is 5.94. The van der Waals surface area contributed by atoms with Gasteiger partial charge in [0.15, 0.2) is 5.78 Å². The Bertz CT molecular complexity index is 1940. The molecule has 6 amide bonds. The Balaban J connectivity index is 2.15. The molecule has 8 unspecified atom stereocenters. The molecular formula is C57H101N9O14. The van der Waals surface area contributed by atoms with E-state index in [4.69, 9.17) is 17.2 Å². The molecule has 0 saturated carbocycles. The molecule has 0 radical (unpaired) electrons. The van der Waals surface area contributed by atoms with Crippen LogP contribution >= 0.6 is 0 Å². The summed E-state index contributed by atoms with van der Waals surface area (Å²) in [5, 5.41) is 40.7. The minimum atomic E-state index is -1.40. The zero-order chi connectivity index (χ0) is 59.6. The second kappa shape index (κ2) is 40.2. The number of aliphatic hydroxyl groups is 2. The molecule has 2 aliphatic rings. The Morgan fingerprint density at radius 2 is 1.26 bits per heavy atom. The van der Waals surface area contributed by atoms with Crippen molar-refractivity contribution in [3.05, 3.63) is 0 Å². The third-order valence-electron chi connectivity index (χ3n) is 15.3. The van der Waals surface area contributed by atoms with E-state index in [0.29, 0.717) is 26.1 Å². The molecule has 23 heteroatoms. The van der Waals surface area contributed by atoms with Crippen LogP contribution in [0.15, 0.2) is 0 Å². The van der Waals surface area contributed by atoms with Crippen molar-refractivity contribution in [2.75, 3.05) is 19.8 Å². The second-order valence-corrected chi connectivity index (χ2v) is 22.9. The zero-order valence-electron chi connectivity index (χ0n) is 48.7. The number of hydrogen-bond donors (Lipinski definition) is 11. The van der Waals surface area contributed by atoms with E-state index >= 15 is 0 Å². The summed E-state index contributed by atoms with van der Waals surface area (Å²) in [4.78, 5) is 139. The number of hydrogen-bond acceptors (Lipinski definition) is 17. The average molecular weight is 1140 g/mol. The van der Waals surface area contributed by atoms with Gasteiger partial charge in [0.2, 0.25) is 35.4 Å². The van der Waals surface area contributed by atoms with Crippen LogP contribution in [0.25, 0.3) is 0 Å². The van der Waals surface area contributed by atoms with Gasteiger partial charge in [0.1, 0.15) is 11.8 Å². The lowest BCUT2D eigenvalue weighted by Crippen LogP contribution is -2.52. The van der Waals surface area contributed by atoms with E-state index < -0.39 is 126 Å². The number of carbonyl (C=O) groups excluding carboxylic acids is 10. The summed E-state index contributed by atoms with van der Waals surface area (Å²) in [6.07, 6.45) is 11.6. The first-order valence-corrected chi connectivity index (χ1v) is 29.8. The maximum atomic E-state index is 14.3. The fraction of sp³-hybridized carbons (Fsp3) is 0.825. The molecule has 2 rings (SSSR count). The van der Waals surface area contributed by atoms with Crippen molar-refractivity contribution < 1.29 is 67.9 Å². The number of primary amides is 2. The Hall–Kier alpha value is -5.10. The highest BCUT2D eigenvalue weighted by atomic mass is 17.2. The van der Waals surface area contributed by atoms with Crippen molar-refractivity contribution in [2.24, 2.45) is 46.8 Å². The quantitative estimate of drug-likeness (QED) is 0.0308. The van der Waals surface area contributed by atoms with Crippen molar-refractivity contribution >= 4 is 58.9 Å². The van der Waals surface area contributed by atoms with Crippen molar-refractivity contribution in [1.82, 2.24) is 31.9 Å². The van der Waals surface area contributed by atoms with E-state index in [1.54, 1.807) is 13.8 Å². The molecule has 458 valence electrons. The van der Waals surface area contributed by atoms with Crippen LogP contribution in [0.3, 0.4) is 0 Å². The van der Waals surface area contributed by atoms with E-state index in [1.165, 1.54) is 57.8 Å². The fourth-order valence-electron chi connectivity index (χ4n) is 10.3. The van der Waals surface area contributed by atoms with E-state index in [1.807, 2.05) is 13.8 Å². The van der Waals surface area contributed by atoms with Crippen LogP contribution in [0.2, 0.25) is 0 Å². The summed E-state index contributed by atoms with van der Waals surface area (Å²) >= 11 is 0. The molecule has 14 N–H and O–H groups in total. The number of carbonyl (C=O) groups is 10. The number of nitrogens with two attached hydrogens (primary N) is 3. The van der Waals surface area contributed by atoms with Gasteiger partial charge in [-0.05, 0) is 69.7 Å². The lowest BCUT2D eigenvalue weighted by Gasteiger charge is -2.32. The number of rotatable bonds is 46. The Labute approximate surface area is 474 Å². The molecule has 0 aromatic heterocycles. The van der Waals surface area contributed by atoms with Gasteiger partial charge in [-0.2, -0.15) is 0 Å². The topological polar surface area (TPSA) is 380 Å². The van der Waals surface area contributed by atoms with Crippen molar-refractivity contribution in [3.8, 4) is 0 Å². The molecular weight excluding hydrogens is 1030 g/mol. The summed E-state index contributed by atoms with van der Waals surface area (Å²) < 4.78 is 0. The maximum Gasteiger partial charge on any atom is 0.378 e. The normalized spacial score (nSPS) is 18.4. The lowest BCUT2D eigenvalue weighted by molar-refractivity contribution is -0.270. The Morgan fingerprint density at radius 1 is 0.650 bits per heavy atom. The number of ketones is 2. The molecule has 0 aromatic rings. The molecule has 2 aliphatic heterocycles. The van der Waals surface area contributed by atoms with Crippen molar-refractivity contribution in [2.45, 2.75) is 250 Å². The summed E-state index contributed by atoms with van der Waals surface area (Å²) in [7, 11) is 0. The van der Waals surface area contributed by atoms with Gasteiger partial charge in [-0.1, -0.05) is 112 Å². The molecule has 0 aromatic carbocycles. The van der Waals surface area contributed by atoms with Crippen LogP contribution < -0.4 is 49.1 Å². The Morgan fingerprint density at radius 3 is 1.82 bits per heavy atom. The van der Waals surface area contributed by atoms with Crippen LogP contribution in [0, 0.1) is 29.6 Å². The third kappa shape index (κ3) is 29.6. The smallest absolute Gasteiger partial charge is 0.378 e. The summed E-state index contributed by atoms with van der Waals surface area (Å²) in [5.41, 5.74) is 16.8.